The third-order valence-corrected chi connectivity index (χ3v) is 2.54. The summed E-state index contributed by atoms with van der Waals surface area (Å²) < 4.78 is 57.5. The number of ether oxygens (including phenoxy) is 1. The summed E-state index contributed by atoms with van der Waals surface area (Å²) in [6, 6.07) is 0.190. The molecular weight excluding hydrogens is 306 g/mol. The van der Waals surface area contributed by atoms with Crippen LogP contribution in [0.4, 0.5) is 17.6 Å². The number of carbonyl (C=O) groups excluding carboxylic acids is 2. The topological polar surface area (TPSA) is 55.4 Å². The maximum atomic E-state index is 13.6. The van der Waals surface area contributed by atoms with E-state index in [9.17, 15) is 27.2 Å². The highest BCUT2D eigenvalue weighted by atomic mass is 19.2. The van der Waals surface area contributed by atoms with Crippen LogP contribution in [0.15, 0.2) is 17.8 Å². The van der Waals surface area contributed by atoms with E-state index in [0.717, 1.165) is 6.20 Å². The van der Waals surface area contributed by atoms with Crippen molar-refractivity contribution in [2.24, 2.45) is 0 Å². The minimum atomic E-state index is -2.13. The molecule has 0 aliphatic heterocycles. The SMILES string of the molecule is CCNC=C(C(=O)OCC)C(=O)c1cc(F)c(F)c(F)c1F. The number of carbonyl (C=O) groups is 2. The molecule has 1 N–H and O–H groups in total. The van der Waals surface area contributed by atoms with Crippen LogP contribution in [0, 0.1) is 23.3 Å². The van der Waals surface area contributed by atoms with Crippen LogP contribution in [0.1, 0.15) is 24.2 Å². The standard InChI is InChI=1S/C14H13F4NO3/c1-3-19-6-8(14(21)22-4-2)13(20)7-5-9(15)11(17)12(18)10(7)16/h5-6,19H,3-4H2,1-2H3. The van der Waals surface area contributed by atoms with E-state index in [0.29, 0.717) is 6.54 Å². The second-order valence-electron chi connectivity index (χ2n) is 4.01. The highest BCUT2D eigenvalue weighted by Gasteiger charge is 2.28. The second-order valence-corrected chi connectivity index (χ2v) is 4.01. The van der Waals surface area contributed by atoms with Crippen LogP contribution in [0.5, 0.6) is 0 Å². The molecule has 1 aromatic carbocycles. The lowest BCUT2D eigenvalue weighted by Crippen LogP contribution is -2.21. The minimum Gasteiger partial charge on any atom is -0.462 e. The Morgan fingerprint density at radius 3 is 2.32 bits per heavy atom. The Labute approximate surface area is 123 Å². The summed E-state index contributed by atoms with van der Waals surface area (Å²) in [5, 5.41) is 2.53. The van der Waals surface area contributed by atoms with Gasteiger partial charge in [0.2, 0.25) is 5.78 Å². The number of nitrogens with one attached hydrogen (secondary N) is 1. The summed E-state index contributed by atoms with van der Waals surface area (Å²) in [4.78, 5) is 23.8. The molecule has 1 rings (SSSR count). The Bertz CT molecular complexity index is 629. The van der Waals surface area contributed by atoms with Gasteiger partial charge in [-0.2, -0.15) is 0 Å². The van der Waals surface area contributed by atoms with Gasteiger partial charge >= 0.3 is 5.97 Å². The first-order valence-electron chi connectivity index (χ1n) is 6.33. The molecule has 0 radical (unpaired) electrons. The Kier molecular flexibility index (Phi) is 6.09. The highest BCUT2D eigenvalue weighted by molar-refractivity contribution is 6.24. The third-order valence-electron chi connectivity index (χ3n) is 2.54. The second kappa shape index (κ2) is 7.58. The van der Waals surface area contributed by atoms with E-state index in [-0.39, 0.29) is 12.7 Å². The number of rotatable bonds is 6. The summed E-state index contributed by atoms with van der Waals surface area (Å²) in [5.74, 6) is -10.2. The average Bonchev–Trinajstić information content (AvgIpc) is 2.49. The fourth-order valence-electron chi connectivity index (χ4n) is 1.51. The van der Waals surface area contributed by atoms with Crippen molar-refractivity contribution in [3.05, 3.63) is 46.7 Å². The zero-order chi connectivity index (χ0) is 16.9. The first kappa shape index (κ1) is 17.7. The van der Waals surface area contributed by atoms with Gasteiger partial charge in [-0.25, -0.2) is 22.4 Å². The number of Topliss-reactive ketones (excluding diaryl/α,β-unsaturated/α-hetero) is 1. The van der Waals surface area contributed by atoms with Crippen molar-refractivity contribution in [3.8, 4) is 0 Å². The van der Waals surface area contributed by atoms with Crippen LogP contribution >= 0.6 is 0 Å². The molecule has 0 fully saturated rings. The fraction of sp³-hybridized carbons (Fsp3) is 0.286. The van der Waals surface area contributed by atoms with Gasteiger partial charge in [0.15, 0.2) is 23.3 Å². The van der Waals surface area contributed by atoms with E-state index in [1.807, 2.05) is 0 Å². The molecule has 0 aromatic heterocycles. The number of benzene rings is 1. The molecule has 0 atom stereocenters. The zero-order valence-electron chi connectivity index (χ0n) is 11.8. The molecule has 0 unspecified atom stereocenters. The quantitative estimate of drug-likeness (QED) is 0.128. The lowest BCUT2D eigenvalue weighted by Gasteiger charge is -2.09. The maximum Gasteiger partial charge on any atom is 0.343 e. The van der Waals surface area contributed by atoms with Gasteiger partial charge in [-0.15, -0.1) is 0 Å². The van der Waals surface area contributed by atoms with E-state index >= 15 is 0 Å². The Hall–Kier alpha value is -2.38. The molecule has 0 amide bonds. The number of esters is 1. The van der Waals surface area contributed by atoms with E-state index in [4.69, 9.17) is 0 Å². The summed E-state index contributed by atoms with van der Waals surface area (Å²) >= 11 is 0. The summed E-state index contributed by atoms with van der Waals surface area (Å²) in [6.45, 7) is 3.39. The molecule has 120 valence electrons. The average molecular weight is 319 g/mol. The molecule has 4 nitrogen and oxygen atoms in total. The van der Waals surface area contributed by atoms with Crippen LogP contribution < -0.4 is 5.32 Å². The molecule has 8 heteroatoms. The number of hydrogen-bond acceptors (Lipinski definition) is 4. The van der Waals surface area contributed by atoms with Crippen molar-refractivity contribution in [1.29, 1.82) is 0 Å². The highest BCUT2D eigenvalue weighted by Crippen LogP contribution is 2.21. The van der Waals surface area contributed by atoms with Gasteiger partial charge in [-0.3, -0.25) is 4.79 Å². The van der Waals surface area contributed by atoms with Gasteiger partial charge < -0.3 is 10.1 Å². The molecule has 0 aliphatic rings. The van der Waals surface area contributed by atoms with Crippen LogP contribution in [0.2, 0.25) is 0 Å². The smallest absolute Gasteiger partial charge is 0.343 e. The number of halogens is 4. The normalized spacial score (nSPS) is 11.3. The van der Waals surface area contributed by atoms with E-state index in [1.54, 1.807) is 6.92 Å². The Morgan fingerprint density at radius 1 is 1.14 bits per heavy atom. The van der Waals surface area contributed by atoms with Crippen LogP contribution in [-0.4, -0.2) is 24.9 Å². The van der Waals surface area contributed by atoms with Crippen LogP contribution in [0.3, 0.4) is 0 Å². The first-order valence-corrected chi connectivity index (χ1v) is 6.33. The van der Waals surface area contributed by atoms with Gasteiger partial charge in [0.05, 0.1) is 12.2 Å². The Morgan fingerprint density at radius 2 is 1.77 bits per heavy atom. The lowest BCUT2D eigenvalue weighted by atomic mass is 10.0. The van der Waals surface area contributed by atoms with Crippen molar-refractivity contribution in [2.45, 2.75) is 13.8 Å². The molecule has 0 bridgehead atoms. The van der Waals surface area contributed by atoms with Crippen molar-refractivity contribution in [3.63, 3.8) is 0 Å². The van der Waals surface area contributed by atoms with Gasteiger partial charge in [0.25, 0.3) is 0 Å². The molecule has 0 saturated heterocycles. The minimum absolute atomic E-state index is 0.0653. The van der Waals surface area contributed by atoms with E-state index in [1.165, 1.54) is 6.92 Å². The molecule has 0 heterocycles. The van der Waals surface area contributed by atoms with Gasteiger partial charge in [-0.1, -0.05) is 0 Å². The fourth-order valence-corrected chi connectivity index (χ4v) is 1.51. The Balaban J connectivity index is 3.34. The largest absolute Gasteiger partial charge is 0.462 e. The summed E-state index contributed by atoms with van der Waals surface area (Å²) in [7, 11) is 0. The lowest BCUT2D eigenvalue weighted by molar-refractivity contribution is -0.138. The third kappa shape index (κ3) is 3.63. The van der Waals surface area contributed by atoms with Crippen LogP contribution in [0.25, 0.3) is 0 Å². The molecule has 1 aromatic rings. The molecule has 0 aliphatic carbocycles. The van der Waals surface area contributed by atoms with Crippen LogP contribution in [-0.2, 0) is 9.53 Å². The van der Waals surface area contributed by atoms with Crippen molar-refractivity contribution in [1.82, 2.24) is 5.32 Å². The van der Waals surface area contributed by atoms with E-state index < -0.39 is 46.2 Å². The van der Waals surface area contributed by atoms with Gasteiger partial charge in [0.1, 0.15) is 5.57 Å². The zero-order valence-corrected chi connectivity index (χ0v) is 11.8. The molecule has 0 spiro atoms. The molecular formula is C14H13F4NO3. The predicted molar refractivity (Wildman–Crippen MR) is 69.0 cm³/mol. The summed E-state index contributed by atoms with van der Waals surface area (Å²) in [6.07, 6.45) is 0.943. The number of hydrogen-bond donors (Lipinski definition) is 1. The van der Waals surface area contributed by atoms with Crippen molar-refractivity contribution in [2.75, 3.05) is 13.2 Å². The summed E-state index contributed by atoms with van der Waals surface area (Å²) in [5.41, 5.74) is -1.76. The first-order chi connectivity index (χ1) is 10.3. The predicted octanol–water partition coefficient (Wildman–Crippen LogP) is 2.48. The van der Waals surface area contributed by atoms with E-state index in [2.05, 4.69) is 10.1 Å². The van der Waals surface area contributed by atoms with Crippen molar-refractivity contribution < 1.29 is 31.9 Å². The molecule has 0 saturated carbocycles. The van der Waals surface area contributed by atoms with Gasteiger partial charge in [0, 0.05) is 12.7 Å². The molecule has 22 heavy (non-hydrogen) atoms. The number of ketones is 1. The monoisotopic (exact) mass is 319 g/mol. The maximum absolute atomic E-state index is 13.6. The van der Waals surface area contributed by atoms with Gasteiger partial charge in [-0.05, 0) is 19.9 Å². The van der Waals surface area contributed by atoms with Crippen molar-refractivity contribution >= 4 is 11.8 Å².